The monoisotopic (exact) mass is 223 g/mol. The van der Waals surface area contributed by atoms with E-state index in [9.17, 15) is 0 Å². The summed E-state index contributed by atoms with van der Waals surface area (Å²) in [4.78, 5) is 0. The van der Waals surface area contributed by atoms with Crippen LogP contribution in [0, 0.1) is 6.92 Å². The summed E-state index contributed by atoms with van der Waals surface area (Å²) in [5.41, 5.74) is 1.32. The highest BCUT2D eigenvalue weighted by atomic mass is 16.3. The van der Waals surface area contributed by atoms with Gasteiger partial charge in [0.05, 0.1) is 6.26 Å². The van der Waals surface area contributed by atoms with Crippen LogP contribution < -0.4 is 5.32 Å². The smallest absolute Gasteiger partial charge is 0.105 e. The molecule has 0 fully saturated rings. The zero-order valence-electron chi connectivity index (χ0n) is 10.9. The molecule has 1 N–H and O–H groups in total. The van der Waals surface area contributed by atoms with Gasteiger partial charge in [-0.1, -0.05) is 39.0 Å². The van der Waals surface area contributed by atoms with Gasteiger partial charge in [-0.3, -0.25) is 0 Å². The summed E-state index contributed by atoms with van der Waals surface area (Å²) in [6.45, 7) is 4.29. The molecule has 92 valence electrons. The van der Waals surface area contributed by atoms with Gasteiger partial charge in [-0.05, 0) is 26.5 Å². The average Bonchev–Trinajstić information content (AvgIpc) is 2.70. The Balaban J connectivity index is 2.30. The van der Waals surface area contributed by atoms with Crippen molar-refractivity contribution in [1.82, 2.24) is 5.32 Å². The fourth-order valence-electron chi connectivity index (χ4n) is 2.16. The highest BCUT2D eigenvalue weighted by Gasteiger charge is 2.12. The van der Waals surface area contributed by atoms with Crippen LogP contribution in [-0.2, 0) is 0 Å². The lowest BCUT2D eigenvalue weighted by molar-refractivity contribution is 0.479. The van der Waals surface area contributed by atoms with E-state index in [1.54, 1.807) is 6.26 Å². The SMILES string of the molecule is CCCCCCCC(NC)c1ccoc1C. The molecule has 1 aromatic heterocycles. The van der Waals surface area contributed by atoms with E-state index in [4.69, 9.17) is 4.42 Å². The first kappa shape index (κ1) is 13.3. The molecule has 0 amide bonds. The molecule has 1 atom stereocenters. The van der Waals surface area contributed by atoms with E-state index in [2.05, 4.69) is 18.3 Å². The topological polar surface area (TPSA) is 25.2 Å². The first-order valence-corrected chi connectivity index (χ1v) is 6.50. The summed E-state index contributed by atoms with van der Waals surface area (Å²) >= 11 is 0. The van der Waals surface area contributed by atoms with Crippen LogP contribution in [0.15, 0.2) is 16.7 Å². The molecule has 1 heterocycles. The molecular weight excluding hydrogens is 198 g/mol. The minimum Gasteiger partial charge on any atom is -0.469 e. The Labute approximate surface area is 99.4 Å². The second-order valence-corrected chi connectivity index (χ2v) is 4.48. The lowest BCUT2D eigenvalue weighted by Gasteiger charge is -2.15. The molecule has 1 rings (SSSR count). The van der Waals surface area contributed by atoms with Crippen LogP contribution in [-0.4, -0.2) is 7.05 Å². The van der Waals surface area contributed by atoms with E-state index in [1.807, 2.05) is 14.0 Å². The van der Waals surface area contributed by atoms with Gasteiger partial charge in [0.25, 0.3) is 0 Å². The van der Waals surface area contributed by atoms with E-state index in [0.29, 0.717) is 6.04 Å². The van der Waals surface area contributed by atoms with Crippen LogP contribution in [0.4, 0.5) is 0 Å². The Morgan fingerprint density at radius 3 is 2.56 bits per heavy atom. The maximum atomic E-state index is 5.35. The van der Waals surface area contributed by atoms with Gasteiger partial charge in [0.15, 0.2) is 0 Å². The van der Waals surface area contributed by atoms with Crippen molar-refractivity contribution in [3.63, 3.8) is 0 Å². The lowest BCUT2D eigenvalue weighted by atomic mass is 10.0. The van der Waals surface area contributed by atoms with Crippen molar-refractivity contribution in [2.45, 2.75) is 58.4 Å². The number of unbranched alkanes of at least 4 members (excludes halogenated alkanes) is 4. The molecule has 0 spiro atoms. The minimum absolute atomic E-state index is 0.459. The van der Waals surface area contributed by atoms with Crippen LogP contribution >= 0.6 is 0 Å². The van der Waals surface area contributed by atoms with Gasteiger partial charge in [0.1, 0.15) is 5.76 Å². The fourth-order valence-corrected chi connectivity index (χ4v) is 2.16. The molecule has 0 saturated carbocycles. The van der Waals surface area contributed by atoms with Gasteiger partial charge in [-0.25, -0.2) is 0 Å². The van der Waals surface area contributed by atoms with Crippen molar-refractivity contribution in [2.24, 2.45) is 0 Å². The summed E-state index contributed by atoms with van der Waals surface area (Å²) in [6.07, 6.45) is 9.70. The van der Waals surface area contributed by atoms with E-state index in [-0.39, 0.29) is 0 Å². The van der Waals surface area contributed by atoms with Crippen molar-refractivity contribution in [1.29, 1.82) is 0 Å². The van der Waals surface area contributed by atoms with Crippen LogP contribution in [0.5, 0.6) is 0 Å². The molecule has 0 radical (unpaired) electrons. The Morgan fingerprint density at radius 1 is 1.25 bits per heavy atom. The largest absolute Gasteiger partial charge is 0.469 e. The predicted molar refractivity (Wildman–Crippen MR) is 68.6 cm³/mol. The lowest BCUT2D eigenvalue weighted by Crippen LogP contribution is -2.16. The van der Waals surface area contributed by atoms with E-state index < -0.39 is 0 Å². The first-order chi connectivity index (χ1) is 7.79. The standard InChI is InChI=1S/C14H25NO/c1-4-5-6-7-8-9-14(15-3)13-10-11-16-12(13)2/h10-11,14-15H,4-9H2,1-3H3. The summed E-state index contributed by atoms with van der Waals surface area (Å²) in [6, 6.07) is 2.54. The Kier molecular flexibility index (Phi) is 6.24. The summed E-state index contributed by atoms with van der Waals surface area (Å²) in [5, 5.41) is 3.38. The minimum atomic E-state index is 0.459. The fraction of sp³-hybridized carbons (Fsp3) is 0.714. The average molecular weight is 223 g/mol. The molecule has 2 nitrogen and oxygen atoms in total. The Morgan fingerprint density at radius 2 is 2.00 bits per heavy atom. The van der Waals surface area contributed by atoms with Gasteiger partial charge < -0.3 is 9.73 Å². The highest BCUT2D eigenvalue weighted by Crippen LogP contribution is 2.23. The molecule has 0 bridgehead atoms. The van der Waals surface area contributed by atoms with E-state index in [1.165, 1.54) is 44.1 Å². The molecule has 1 aromatic rings. The van der Waals surface area contributed by atoms with Gasteiger partial charge >= 0.3 is 0 Å². The molecule has 0 aliphatic heterocycles. The molecule has 0 aromatic carbocycles. The molecule has 2 heteroatoms. The Bertz CT molecular complexity index is 280. The van der Waals surface area contributed by atoms with Crippen LogP contribution in [0.2, 0.25) is 0 Å². The highest BCUT2D eigenvalue weighted by molar-refractivity contribution is 5.19. The summed E-state index contributed by atoms with van der Waals surface area (Å²) < 4.78 is 5.35. The molecule has 1 unspecified atom stereocenters. The van der Waals surface area contributed by atoms with Gasteiger partial charge in [-0.2, -0.15) is 0 Å². The molecule has 0 saturated heterocycles. The second-order valence-electron chi connectivity index (χ2n) is 4.48. The van der Waals surface area contributed by atoms with Crippen molar-refractivity contribution in [3.8, 4) is 0 Å². The third-order valence-electron chi connectivity index (χ3n) is 3.22. The zero-order valence-corrected chi connectivity index (χ0v) is 10.9. The van der Waals surface area contributed by atoms with Gasteiger partial charge in [0.2, 0.25) is 0 Å². The molecule has 0 aliphatic carbocycles. The van der Waals surface area contributed by atoms with Crippen molar-refractivity contribution < 1.29 is 4.42 Å². The normalized spacial score (nSPS) is 12.9. The van der Waals surface area contributed by atoms with Crippen LogP contribution in [0.3, 0.4) is 0 Å². The number of hydrogen-bond donors (Lipinski definition) is 1. The van der Waals surface area contributed by atoms with Crippen molar-refractivity contribution in [2.75, 3.05) is 7.05 Å². The summed E-state index contributed by atoms with van der Waals surface area (Å²) in [7, 11) is 2.03. The van der Waals surface area contributed by atoms with E-state index in [0.717, 1.165) is 5.76 Å². The molecular formula is C14H25NO. The number of hydrogen-bond acceptors (Lipinski definition) is 2. The first-order valence-electron chi connectivity index (χ1n) is 6.50. The van der Waals surface area contributed by atoms with Gasteiger partial charge in [0, 0.05) is 11.6 Å². The third-order valence-corrected chi connectivity index (χ3v) is 3.22. The van der Waals surface area contributed by atoms with Crippen molar-refractivity contribution >= 4 is 0 Å². The molecule has 16 heavy (non-hydrogen) atoms. The summed E-state index contributed by atoms with van der Waals surface area (Å²) in [5.74, 6) is 1.05. The van der Waals surface area contributed by atoms with E-state index >= 15 is 0 Å². The number of furan rings is 1. The Hall–Kier alpha value is -0.760. The second kappa shape index (κ2) is 7.50. The zero-order chi connectivity index (χ0) is 11.8. The van der Waals surface area contributed by atoms with Crippen LogP contribution in [0.25, 0.3) is 0 Å². The van der Waals surface area contributed by atoms with Crippen LogP contribution in [0.1, 0.15) is 62.8 Å². The number of nitrogens with one attached hydrogen (secondary N) is 1. The third kappa shape index (κ3) is 4.01. The predicted octanol–water partition coefficient (Wildman–Crippen LogP) is 4.21. The number of aryl methyl sites for hydroxylation is 1. The maximum Gasteiger partial charge on any atom is 0.105 e. The van der Waals surface area contributed by atoms with Crippen molar-refractivity contribution in [3.05, 3.63) is 23.7 Å². The maximum absolute atomic E-state index is 5.35. The quantitative estimate of drug-likeness (QED) is 0.668. The van der Waals surface area contributed by atoms with Gasteiger partial charge in [-0.15, -0.1) is 0 Å². The number of rotatable bonds is 8. The molecule has 0 aliphatic rings.